The average Bonchev–Trinajstić information content (AvgIpc) is 2.60. The monoisotopic (exact) mass is 430 g/mol. The van der Waals surface area contributed by atoms with Crippen LogP contribution in [0.2, 0.25) is 5.02 Å². The van der Waals surface area contributed by atoms with Crippen LogP contribution in [0.3, 0.4) is 0 Å². The Labute approximate surface area is 165 Å². The van der Waals surface area contributed by atoms with Crippen molar-refractivity contribution in [1.29, 1.82) is 5.26 Å². The lowest BCUT2D eigenvalue weighted by atomic mass is 10.1. The number of aromatic nitrogens is 1. The third kappa shape index (κ3) is 5.11. The van der Waals surface area contributed by atoms with Crippen LogP contribution in [0.5, 0.6) is 0 Å². The number of thioether (sulfide) groups is 1. The molecule has 1 N–H and O–H groups in total. The third-order valence-corrected chi connectivity index (χ3v) is 4.60. The topological polar surface area (TPSA) is 109 Å². The van der Waals surface area contributed by atoms with Crippen LogP contribution in [-0.4, -0.2) is 21.6 Å². The average molecular weight is 431 g/mol. The van der Waals surface area contributed by atoms with Gasteiger partial charge in [-0.1, -0.05) is 23.4 Å². The Morgan fingerprint density at radius 3 is 2.64 bits per heavy atom. The Balaban J connectivity index is 2.17. The van der Waals surface area contributed by atoms with Crippen LogP contribution in [0.25, 0.3) is 0 Å². The van der Waals surface area contributed by atoms with Crippen LogP contribution < -0.4 is 5.32 Å². The predicted molar refractivity (Wildman–Crippen MR) is 96.2 cm³/mol. The lowest BCUT2D eigenvalue weighted by Crippen LogP contribution is -2.15. The predicted octanol–water partition coefficient (Wildman–Crippen LogP) is 4.57. The van der Waals surface area contributed by atoms with E-state index in [1.807, 2.05) is 0 Å². The summed E-state index contributed by atoms with van der Waals surface area (Å²) in [5.41, 5.74) is -1.90. The Bertz CT molecular complexity index is 992. The molecule has 7 nitrogen and oxygen atoms in total. The number of halogens is 4. The van der Waals surface area contributed by atoms with E-state index in [9.17, 15) is 28.1 Å². The van der Waals surface area contributed by atoms with Gasteiger partial charge in [-0.2, -0.15) is 18.4 Å². The van der Waals surface area contributed by atoms with Crippen LogP contribution in [0.1, 0.15) is 16.8 Å². The van der Waals surface area contributed by atoms with E-state index in [1.54, 1.807) is 0 Å². The number of nitro groups is 1. The van der Waals surface area contributed by atoms with E-state index < -0.39 is 28.1 Å². The molecule has 0 aliphatic carbocycles. The van der Waals surface area contributed by atoms with Crippen molar-refractivity contribution in [3.63, 3.8) is 0 Å². The Morgan fingerprint density at radius 2 is 2.11 bits per heavy atom. The summed E-state index contributed by atoms with van der Waals surface area (Å²) in [7, 11) is 0. The van der Waals surface area contributed by atoms with Crippen LogP contribution in [0, 0.1) is 28.4 Å². The zero-order valence-corrected chi connectivity index (χ0v) is 15.6. The molecule has 0 aliphatic rings. The zero-order valence-electron chi connectivity index (χ0n) is 14.0. The summed E-state index contributed by atoms with van der Waals surface area (Å²) in [5.74, 6) is -0.989. The highest BCUT2D eigenvalue weighted by atomic mass is 35.5. The number of benzene rings is 1. The molecule has 1 aromatic carbocycles. The number of rotatable bonds is 5. The van der Waals surface area contributed by atoms with E-state index in [1.165, 1.54) is 19.1 Å². The van der Waals surface area contributed by atoms with Crippen LogP contribution in [-0.2, 0) is 11.0 Å². The molecule has 2 aromatic rings. The highest BCUT2D eigenvalue weighted by Crippen LogP contribution is 2.36. The van der Waals surface area contributed by atoms with Gasteiger partial charge in [0.25, 0.3) is 5.69 Å². The second kappa shape index (κ2) is 8.45. The summed E-state index contributed by atoms with van der Waals surface area (Å²) in [6.07, 6.45) is -4.73. The van der Waals surface area contributed by atoms with E-state index in [4.69, 9.17) is 16.9 Å². The lowest BCUT2D eigenvalue weighted by Gasteiger charge is -2.13. The van der Waals surface area contributed by atoms with Gasteiger partial charge in [0.15, 0.2) is 0 Å². The fourth-order valence-corrected chi connectivity index (χ4v) is 3.19. The summed E-state index contributed by atoms with van der Waals surface area (Å²) in [4.78, 5) is 26.0. The number of nitriles is 1. The minimum atomic E-state index is -4.73. The Hall–Kier alpha value is -2.84. The summed E-state index contributed by atoms with van der Waals surface area (Å²) in [5, 5.41) is 21.9. The maximum absolute atomic E-state index is 13.1. The first-order chi connectivity index (χ1) is 13.0. The number of carbonyl (C=O) groups excluding carboxylic acids is 1. The SMILES string of the molecule is Cc1cc(C(F)(F)F)c(C#N)c(SCC(=O)Nc2ccc([N+](=O)[O-])cc2Cl)n1. The number of hydrogen-bond acceptors (Lipinski definition) is 6. The molecule has 146 valence electrons. The molecule has 12 heteroatoms. The van der Waals surface area contributed by atoms with Gasteiger partial charge in [0.1, 0.15) is 11.1 Å². The fourth-order valence-electron chi connectivity index (χ4n) is 2.12. The number of alkyl halides is 3. The van der Waals surface area contributed by atoms with Crippen LogP contribution in [0.15, 0.2) is 29.3 Å². The number of amides is 1. The maximum atomic E-state index is 13.1. The van der Waals surface area contributed by atoms with Gasteiger partial charge >= 0.3 is 6.18 Å². The molecular formula is C16H10ClF3N4O3S. The molecule has 0 saturated heterocycles. The highest BCUT2D eigenvalue weighted by molar-refractivity contribution is 8.00. The first-order valence-corrected chi connectivity index (χ1v) is 8.74. The van der Waals surface area contributed by atoms with E-state index in [0.717, 1.165) is 18.2 Å². The number of nitro benzene ring substituents is 1. The van der Waals surface area contributed by atoms with Crippen LogP contribution >= 0.6 is 23.4 Å². The van der Waals surface area contributed by atoms with Gasteiger partial charge in [0.05, 0.1) is 32.5 Å². The van der Waals surface area contributed by atoms with Gasteiger partial charge in [-0.25, -0.2) is 4.98 Å². The summed E-state index contributed by atoms with van der Waals surface area (Å²) < 4.78 is 39.3. The molecule has 1 heterocycles. The summed E-state index contributed by atoms with van der Waals surface area (Å²) in [6, 6.07) is 5.66. The highest BCUT2D eigenvalue weighted by Gasteiger charge is 2.35. The van der Waals surface area contributed by atoms with E-state index in [2.05, 4.69) is 10.3 Å². The normalized spacial score (nSPS) is 11.0. The van der Waals surface area contributed by atoms with Gasteiger partial charge in [-0.3, -0.25) is 14.9 Å². The van der Waals surface area contributed by atoms with Gasteiger partial charge in [-0.05, 0) is 19.1 Å². The van der Waals surface area contributed by atoms with Gasteiger partial charge in [0, 0.05) is 17.8 Å². The first kappa shape index (κ1) is 21.5. The first-order valence-electron chi connectivity index (χ1n) is 7.38. The van der Waals surface area contributed by atoms with Crippen molar-refractivity contribution >= 4 is 40.6 Å². The van der Waals surface area contributed by atoms with Gasteiger partial charge < -0.3 is 5.32 Å². The zero-order chi connectivity index (χ0) is 21.1. The summed E-state index contributed by atoms with van der Waals surface area (Å²) >= 11 is 6.53. The van der Waals surface area contributed by atoms with Crippen molar-refractivity contribution in [2.75, 3.05) is 11.1 Å². The molecule has 0 atom stereocenters. The fraction of sp³-hybridized carbons (Fsp3) is 0.188. The molecule has 0 fully saturated rings. The smallest absolute Gasteiger partial charge is 0.324 e. The van der Waals surface area contributed by atoms with Gasteiger partial charge in [-0.15, -0.1) is 0 Å². The number of aryl methyl sites for hydroxylation is 1. The number of nitrogens with one attached hydrogen (secondary N) is 1. The van der Waals surface area contributed by atoms with Crippen LogP contribution in [0.4, 0.5) is 24.5 Å². The number of pyridine rings is 1. The molecule has 0 bridgehead atoms. The minimum Gasteiger partial charge on any atom is -0.324 e. The molecule has 1 aromatic heterocycles. The van der Waals surface area contributed by atoms with Gasteiger partial charge in [0.2, 0.25) is 5.91 Å². The molecule has 0 spiro atoms. The molecule has 2 rings (SSSR count). The van der Waals surface area contributed by atoms with Crippen molar-refractivity contribution in [3.05, 3.63) is 56.2 Å². The maximum Gasteiger partial charge on any atom is 0.417 e. The quantitative estimate of drug-likeness (QED) is 0.422. The largest absolute Gasteiger partial charge is 0.417 e. The Kier molecular flexibility index (Phi) is 6.48. The molecule has 0 radical (unpaired) electrons. The minimum absolute atomic E-state index is 0.0487. The third-order valence-electron chi connectivity index (χ3n) is 3.31. The van der Waals surface area contributed by atoms with Crippen molar-refractivity contribution in [2.45, 2.75) is 18.1 Å². The van der Waals surface area contributed by atoms with Crippen molar-refractivity contribution < 1.29 is 22.9 Å². The number of anilines is 1. The Morgan fingerprint density at radius 1 is 1.43 bits per heavy atom. The van der Waals surface area contributed by atoms with Crippen molar-refractivity contribution in [2.24, 2.45) is 0 Å². The van der Waals surface area contributed by atoms with E-state index in [-0.39, 0.29) is 32.9 Å². The molecule has 0 saturated carbocycles. The number of hydrogen-bond donors (Lipinski definition) is 1. The van der Waals surface area contributed by atoms with Crippen molar-refractivity contribution in [1.82, 2.24) is 4.98 Å². The lowest BCUT2D eigenvalue weighted by molar-refractivity contribution is -0.384. The number of non-ortho nitro benzene ring substituents is 1. The molecule has 0 aliphatic heterocycles. The van der Waals surface area contributed by atoms with E-state index in [0.29, 0.717) is 11.8 Å². The molecular weight excluding hydrogens is 421 g/mol. The second-order valence-corrected chi connectivity index (χ2v) is 6.73. The standard InChI is InChI=1S/C16H10ClF3N4O3S/c1-8-4-11(16(18,19)20)10(6-21)15(22-8)28-7-14(25)23-13-3-2-9(24(26)27)5-12(13)17/h2-5H,7H2,1H3,(H,23,25). The summed E-state index contributed by atoms with van der Waals surface area (Å²) in [6.45, 7) is 1.34. The molecule has 1 amide bonds. The number of nitrogens with zero attached hydrogens (tertiary/aromatic N) is 3. The van der Waals surface area contributed by atoms with E-state index >= 15 is 0 Å². The molecule has 0 unspecified atom stereocenters. The second-order valence-electron chi connectivity index (χ2n) is 5.36. The molecule has 28 heavy (non-hydrogen) atoms. The van der Waals surface area contributed by atoms with Crippen molar-refractivity contribution in [3.8, 4) is 6.07 Å². The number of carbonyl (C=O) groups is 1.